The summed E-state index contributed by atoms with van der Waals surface area (Å²) in [4.78, 5) is 28.8. The lowest BCUT2D eigenvalue weighted by Crippen LogP contribution is -2.43. The Morgan fingerprint density at radius 3 is 2.81 bits per heavy atom. The van der Waals surface area contributed by atoms with Crippen molar-refractivity contribution in [1.29, 1.82) is 0 Å². The molecule has 1 atom stereocenters. The smallest absolute Gasteiger partial charge is 0.310 e. The summed E-state index contributed by atoms with van der Waals surface area (Å²) in [6, 6.07) is 12.0. The van der Waals surface area contributed by atoms with E-state index >= 15 is 0 Å². The molecule has 1 fully saturated rings. The van der Waals surface area contributed by atoms with Crippen molar-refractivity contribution in [2.45, 2.75) is 33.2 Å². The number of fused-ring (bicyclic) bond motifs is 1. The molecule has 4 rings (SSSR count). The molecule has 1 aliphatic rings. The van der Waals surface area contributed by atoms with E-state index in [-0.39, 0.29) is 17.8 Å². The van der Waals surface area contributed by atoms with Gasteiger partial charge in [0.15, 0.2) is 0 Å². The van der Waals surface area contributed by atoms with E-state index in [4.69, 9.17) is 9.47 Å². The predicted octanol–water partition coefficient (Wildman–Crippen LogP) is 4.48. The van der Waals surface area contributed by atoms with Gasteiger partial charge in [0.2, 0.25) is 0 Å². The topological polar surface area (TPSA) is 60.8 Å². The van der Waals surface area contributed by atoms with E-state index in [0.717, 1.165) is 34.4 Å². The molecule has 31 heavy (non-hydrogen) atoms. The van der Waals surface area contributed by atoms with Crippen LogP contribution in [0.1, 0.15) is 40.7 Å². The number of rotatable bonds is 6. The van der Waals surface area contributed by atoms with Gasteiger partial charge >= 0.3 is 5.97 Å². The molecule has 3 aromatic rings. The number of methoxy groups -OCH3 is 1. The molecule has 164 valence electrons. The van der Waals surface area contributed by atoms with Crippen LogP contribution in [-0.4, -0.2) is 48.1 Å². The Kier molecular flexibility index (Phi) is 6.32. The molecule has 0 bridgehead atoms. The van der Waals surface area contributed by atoms with Crippen LogP contribution in [0.2, 0.25) is 0 Å². The van der Waals surface area contributed by atoms with Crippen molar-refractivity contribution in [2.24, 2.45) is 5.92 Å². The number of hydrogen-bond donors (Lipinski definition) is 0. The summed E-state index contributed by atoms with van der Waals surface area (Å²) in [7, 11) is 1.66. The number of para-hydroxylation sites is 1. The molecule has 7 heteroatoms. The van der Waals surface area contributed by atoms with Crippen LogP contribution in [-0.2, 0) is 16.1 Å². The minimum Gasteiger partial charge on any atom is -0.496 e. The van der Waals surface area contributed by atoms with E-state index in [2.05, 4.69) is 17.6 Å². The highest BCUT2D eigenvalue weighted by atomic mass is 32.1. The van der Waals surface area contributed by atoms with Crippen molar-refractivity contribution in [2.75, 3.05) is 26.8 Å². The Morgan fingerprint density at radius 1 is 1.23 bits per heavy atom. The maximum atomic E-state index is 13.6. The van der Waals surface area contributed by atoms with E-state index in [1.54, 1.807) is 23.3 Å². The number of aryl methyl sites for hydroxylation is 1. The number of carbonyl (C=O) groups excluding carboxylic acids is 2. The Labute approximate surface area is 186 Å². The van der Waals surface area contributed by atoms with Gasteiger partial charge in [0, 0.05) is 23.5 Å². The lowest BCUT2D eigenvalue weighted by molar-refractivity contribution is -0.149. The van der Waals surface area contributed by atoms with Crippen LogP contribution in [0, 0.1) is 12.8 Å². The number of esters is 1. The third kappa shape index (κ3) is 4.32. The average Bonchev–Trinajstić information content (AvgIpc) is 3.30. The zero-order chi connectivity index (χ0) is 22.0. The Bertz CT molecular complexity index is 1100. The number of ether oxygens (including phenoxy) is 2. The van der Waals surface area contributed by atoms with E-state index in [1.165, 1.54) is 4.88 Å². The molecule has 2 aromatic heterocycles. The first-order valence-electron chi connectivity index (χ1n) is 10.7. The van der Waals surface area contributed by atoms with Crippen molar-refractivity contribution in [1.82, 2.24) is 9.47 Å². The molecule has 1 aromatic carbocycles. The largest absolute Gasteiger partial charge is 0.496 e. The fourth-order valence-electron chi connectivity index (χ4n) is 4.29. The number of aromatic nitrogens is 1. The summed E-state index contributed by atoms with van der Waals surface area (Å²) in [6.07, 6.45) is 1.56. The second-order valence-corrected chi connectivity index (χ2v) is 9.16. The molecule has 0 aliphatic carbocycles. The third-order valence-electron chi connectivity index (χ3n) is 5.78. The van der Waals surface area contributed by atoms with Gasteiger partial charge in [-0.05, 0) is 44.9 Å². The lowest BCUT2D eigenvalue weighted by atomic mass is 9.98. The molecule has 1 amide bonds. The third-order valence-corrected chi connectivity index (χ3v) is 6.77. The van der Waals surface area contributed by atoms with Gasteiger partial charge < -0.3 is 18.9 Å². The maximum Gasteiger partial charge on any atom is 0.310 e. The first-order valence-corrected chi connectivity index (χ1v) is 11.5. The van der Waals surface area contributed by atoms with Crippen molar-refractivity contribution >= 4 is 33.4 Å². The van der Waals surface area contributed by atoms with Gasteiger partial charge in [0.05, 0.1) is 36.4 Å². The van der Waals surface area contributed by atoms with E-state index < -0.39 is 0 Å². The van der Waals surface area contributed by atoms with Crippen molar-refractivity contribution < 1.29 is 19.1 Å². The zero-order valence-corrected chi connectivity index (χ0v) is 19.0. The first-order chi connectivity index (χ1) is 15.0. The lowest BCUT2D eigenvalue weighted by Gasteiger charge is -2.31. The van der Waals surface area contributed by atoms with Gasteiger partial charge in [-0.15, -0.1) is 11.3 Å². The summed E-state index contributed by atoms with van der Waals surface area (Å²) < 4.78 is 13.9. The van der Waals surface area contributed by atoms with Crippen LogP contribution >= 0.6 is 11.3 Å². The zero-order valence-electron chi connectivity index (χ0n) is 18.2. The van der Waals surface area contributed by atoms with Crippen molar-refractivity contribution in [3.63, 3.8) is 0 Å². The van der Waals surface area contributed by atoms with E-state index in [0.29, 0.717) is 31.9 Å². The monoisotopic (exact) mass is 440 g/mol. The summed E-state index contributed by atoms with van der Waals surface area (Å²) in [5.74, 6) is 0.305. The quantitative estimate of drug-likeness (QED) is 0.530. The first kappa shape index (κ1) is 21.4. The fraction of sp³-hybridized carbons (Fsp3) is 0.417. The predicted molar refractivity (Wildman–Crippen MR) is 122 cm³/mol. The second-order valence-electron chi connectivity index (χ2n) is 7.88. The van der Waals surface area contributed by atoms with Crippen LogP contribution in [0.25, 0.3) is 10.2 Å². The molecule has 1 saturated heterocycles. The molecule has 0 N–H and O–H groups in total. The summed E-state index contributed by atoms with van der Waals surface area (Å²) >= 11 is 1.69. The molecule has 0 radical (unpaired) electrons. The molecular weight excluding hydrogens is 412 g/mol. The molecular formula is C24H28N2O4S. The molecule has 6 nitrogen and oxygen atoms in total. The van der Waals surface area contributed by atoms with Gasteiger partial charge in [-0.3, -0.25) is 9.59 Å². The number of likely N-dealkylation sites (tertiary alicyclic amines) is 1. The molecule has 1 unspecified atom stereocenters. The van der Waals surface area contributed by atoms with Gasteiger partial charge in [-0.25, -0.2) is 0 Å². The van der Waals surface area contributed by atoms with Crippen LogP contribution in [0.15, 0.2) is 36.4 Å². The van der Waals surface area contributed by atoms with E-state index in [9.17, 15) is 9.59 Å². The number of thiophene rings is 1. The normalized spacial score (nSPS) is 16.5. The van der Waals surface area contributed by atoms with Crippen LogP contribution in [0.3, 0.4) is 0 Å². The summed E-state index contributed by atoms with van der Waals surface area (Å²) in [6.45, 7) is 5.85. The van der Waals surface area contributed by atoms with Crippen molar-refractivity contribution in [3.8, 4) is 5.75 Å². The summed E-state index contributed by atoms with van der Waals surface area (Å²) in [5.41, 5.74) is 2.72. The van der Waals surface area contributed by atoms with E-state index in [1.807, 2.05) is 37.3 Å². The number of amides is 1. The molecule has 3 heterocycles. The van der Waals surface area contributed by atoms with Gasteiger partial charge in [-0.1, -0.05) is 18.2 Å². The summed E-state index contributed by atoms with van der Waals surface area (Å²) in [5, 5.41) is 0. The molecule has 1 aliphatic heterocycles. The standard InChI is InChI=1S/C24H28N2O4S/c1-4-30-24(28)18-9-7-11-25(14-18)23(27)20-13-22-19(12-16(2)31-22)26(20)15-17-8-5-6-10-21(17)29-3/h5-6,8,10,12-13,18H,4,7,9,11,14-15H2,1-3H3. The number of piperidine rings is 1. The minimum absolute atomic E-state index is 0.0371. The number of benzene rings is 1. The van der Waals surface area contributed by atoms with Crippen LogP contribution < -0.4 is 4.74 Å². The Hall–Kier alpha value is -2.80. The minimum atomic E-state index is -0.251. The highest BCUT2D eigenvalue weighted by Crippen LogP contribution is 2.32. The molecule has 0 spiro atoms. The highest BCUT2D eigenvalue weighted by Gasteiger charge is 2.31. The number of hydrogen-bond acceptors (Lipinski definition) is 5. The van der Waals surface area contributed by atoms with Crippen molar-refractivity contribution in [3.05, 3.63) is 52.5 Å². The van der Waals surface area contributed by atoms with Crippen LogP contribution in [0.5, 0.6) is 5.75 Å². The van der Waals surface area contributed by atoms with Gasteiger partial charge in [0.25, 0.3) is 5.91 Å². The molecule has 0 saturated carbocycles. The van der Waals surface area contributed by atoms with Gasteiger partial charge in [0.1, 0.15) is 11.4 Å². The average molecular weight is 441 g/mol. The van der Waals surface area contributed by atoms with Crippen LogP contribution in [0.4, 0.5) is 0 Å². The Balaban J connectivity index is 1.67. The second kappa shape index (κ2) is 9.14. The van der Waals surface area contributed by atoms with Gasteiger partial charge in [-0.2, -0.15) is 0 Å². The fourth-order valence-corrected chi connectivity index (χ4v) is 5.25. The SMILES string of the molecule is CCOC(=O)C1CCCN(C(=O)c2cc3sc(C)cc3n2Cc2ccccc2OC)C1. The Morgan fingerprint density at radius 2 is 2.03 bits per heavy atom. The maximum absolute atomic E-state index is 13.6. The number of carbonyl (C=O) groups is 2. The highest BCUT2D eigenvalue weighted by molar-refractivity contribution is 7.19. The number of nitrogens with zero attached hydrogens (tertiary/aromatic N) is 2.